The molecule has 0 bridgehead atoms. The molecule has 0 aliphatic carbocycles. The Hall–Kier alpha value is -0.370. The summed E-state index contributed by atoms with van der Waals surface area (Å²) in [6.07, 6.45) is 6.23. The lowest BCUT2D eigenvalue weighted by Gasteiger charge is -2.16. The Morgan fingerprint density at radius 1 is 1.42 bits per heavy atom. The van der Waals surface area contributed by atoms with E-state index in [4.69, 9.17) is 0 Å². The number of nitrogens with zero attached hydrogens (tertiary/aromatic N) is 1. The first-order valence-corrected chi connectivity index (χ1v) is 5.02. The van der Waals surface area contributed by atoms with Gasteiger partial charge in [0.1, 0.15) is 6.29 Å². The first-order chi connectivity index (χ1) is 5.86. The minimum atomic E-state index is 0.635. The molecule has 2 heteroatoms. The van der Waals surface area contributed by atoms with Crippen molar-refractivity contribution in [2.75, 3.05) is 19.6 Å². The zero-order valence-corrected chi connectivity index (χ0v) is 7.96. The van der Waals surface area contributed by atoms with Gasteiger partial charge in [-0.15, -0.1) is 0 Å². The molecule has 70 valence electrons. The van der Waals surface area contributed by atoms with Gasteiger partial charge in [0.05, 0.1) is 6.54 Å². The Morgan fingerprint density at radius 2 is 2.25 bits per heavy atom. The summed E-state index contributed by atoms with van der Waals surface area (Å²) in [5.74, 6) is 0.904. The second kappa shape index (κ2) is 5.31. The summed E-state index contributed by atoms with van der Waals surface area (Å²) in [6, 6.07) is 0. The Bertz CT molecular complexity index is 136. The van der Waals surface area contributed by atoms with Crippen LogP contribution in [0.5, 0.6) is 0 Å². The Morgan fingerprint density at radius 3 is 2.92 bits per heavy atom. The molecule has 0 aromatic rings. The predicted molar refractivity (Wildman–Crippen MR) is 50.1 cm³/mol. The molecule has 0 aromatic carbocycles. The molecular weight excluding hydrogens is 150 g/mol. The van der Waals surface area contributed by atoms with Gasteiger partial charge in [0, 0.05) is 0 Å². The summed E-state index contributed by atoms with van der Waals surface area (Å²) in [6.45, 7) is 5.14. The molecule has 1 saturated heterocycles. The van der Waals surface area contributed by atoms with Gasteiger partial charge in [0.2, 0.25) is 0 Å². The van der Waals surface area contributed by atoms with Gasteiger partial charge < -0.3 is 4.79 Å². The molecule has 2 nitrogen and oxygen atoms in total. The smallest absolute Gasteiger partial charge is 0.133 e. The lowest BCUT2D eigenvalue weighted by Crippen LogP contribution is -2.26. The molecule has 12 heavy (non-hydrogen) atoms. The van der Waals surface area contributed by atoms with Gasteiger partial charge in [0.15, 0.2) is 0 Å². The summed E-state index contributed by atoms with van der Waals surface area (Å²) >= 11 is 0. The third kappa shape index (κ3) is 2.94. The van der Waals surface area contributed by atoms with Crippen molar-refractivity contribution in [3.05, 3.63) is 0 Å². The predicted octanol–water partition coefficient (Wildman–Crippen LogP) is 1.70. The van der Waals surface area contributed by atoms with Gasteiger partial charge in [-0.2, -0.15) is 0 Å². The Kier molecular flexibility index (Phi) is 4.30. The average Bonchev–Trinajstić information content (AvgIpc) is 2.31. The van der Waals surface area contributed by atoms with E-state index in [1.807, 2.05) is 0 Å². The summed E-state index contributed by atoms with van der Waals surface area (Å²) in [4.78, 5) is 12.6. The Balaban J connectivity index is 2.28. The van der Waals surface area contributed by atoms with Crippen LogP contribution in [0.1, 0.15) is 32.6 Å². The second-order valence-corrected chi connectivity index (χ2v) is 3.67. The first kappa shape index (κ1) is 9.72. The molecule has 0 spiro atoms. The quantitative estimate of drug-likeness (QED) is 0.599. The van der Waals surface area contributed by atoms with E-state index in [1.165, 1.54) is 25.7 Å². The van der Waals surface area contributed by atoms with Gasteiger partial charge in [0.25, 0.3) is 0 Å². The van der Waals surface area contributed by atoms with Crippen LogP contribution in [-0.2, 0) is 4.79 Å². The largest absolute Gasteiger partial charge is 0.302 e. The lowest BCUT2D eigenvalue weighted by molar-refractivity contribution is -0.108. The molecule has 1 rings (SSSR count). The number of hydrogen-bond donors (Lipinski definition) is 0. The summed E-state index contributed by atoms with van der Waals surface area (Å²) < 4.78 is 0. The molecule has 0 N–H and O–H groups in total. The molecular formula is C10H19NO. The number of carbonyl (C=O) groups excluding carboxylic acids is 1. The van der Waals surface area contributed by atoms with E-state index in [9.17, 15) is 4.79 Å². The van der Waals surface area contributed by atoms with Crippen molar-refractivity contribution in [2.45, 2.75) is 32.6 Å². The standard InChI is InChI=1S/C10H19NO/c1-2-10-4-3-6-11(7-5-10)8-9-12/h9-10H,2-8H2,1H3. The maximum Gasteiger partial charge on any atom is 0.133 e. The Labute approximate surface area is 74.9 Å². The van der Waals surface area contributed by atoms with Gasteiger partial charge in [-0.05, 0) is 38.3 Å². The van der Waals surface area contributed by atoms with Crippen molar-refractivity contribution in [1.29, 1.82) is 0 Å². The summed E-state index contributed by atoms with van der Waals surface area (Å²) in [5.41, 5.74) is 0. The van der Waals surface area contributed by atoms with Crippen LogP contribution in [-0.4, -0.2) is 30.8 Å². The highest BCUT2D eigenvalue weighted by Gasteiger charge is 2.14. The summed E-state index contributed by atoms with van der Waals surface area (Å²) in [5, 5.41) is 0. The second-order valence-electron chi connectivity index (χ2n) is 3.67. The van der Waals surface area contributed by atoms with Crippen molar-refractivity contribution < 1.29 is 4.79 Å². The molecule has 0 radical (unpaired) electrons. The van der Waals surface area contributed by atoms with E-state index >= 15 is 0 Å². The van der Waals surface area contributed by atoms with Crippen LogP contribution in [0.2, 0.25) is 0 Å². The fourth-order valence-corrected chi connectivity index (χ4v) is 1.92. The van der Waals surface area contributed by atoms with Crippen LogP contribution in [0.4, 0.5) is 0 Å². The molecule has 1 fully saturated rings. The molecule has 0 amide bonds. The molecule has 1 aliphatic heterocycles. The van der Waals surface area contributed by atoms with Gasteiger partial charge in [-0.1, -0.05) is 13.3 Å². The highest BCUT2D eigenvalue weighted by atomic mass is 16.1. The maximum atomic E-state index is 10.3. The summed E-state index contributed by atoms with van der Waals surface area (Å²) in [7, 11) is 0. The van der Waals surface area contributed by atoms with Crippen LogP contribution < -0.4 is 0 Å². The highest BCUT2D eigenvalue weighted by Crippen LogP contribution is 2.19. The van der Waals surface area contributed by atoms with Gasteiger partial charge in [-0.25, -0.2) is 0 Å². The minimum Gasteiger partial charge on any atom is -0.302 e. The number of aldehydes is 1. The van der Waals surface area contributed by atoms with Gasteiger partial charge in [-0.3, -0.25) is 4.90 Å². The number of likely N-dealkylation sites (tertiary alicyclic amines) is 1. The molecule has 0 saturated carbocycles. The van der Waals surface area contributed by atoms with Crippen LogP contribution >= 0.6 is 0 Å². The van der Waals surface area contributed by atoms with E-state index in [2.05, 4.69) is 11.8 Å². The lowest BCUT2D eigenvalue weighted by atomic mass is 9.98. The number of rotatable bonds is 3. The number of hydrogen-bond acceptors (Lipinski definition) is 2. The van der Waals surface area contributed by atoms with E-state index in [1.54, 1.807) is 0 Å². The van der Waals surface area contributed by atoms with Crippen molar-refractivity contribution in [3.63, 3.8) is 0 Å². The monoisotopic (exact) mass is 169 g/mol. The molecule has 1 atom stereocenters. The molecule has 1 unspecified atom stereocenters. The average molecular weight is 169 g/mol. The third-order valence-electron chi connectivity index (χ3n) is 2.85. The van der Waals surface area contributed by atoms with E-state index in [0.717, 1.165) is 25.3 Å². The van der Waals surface area contributed by atoms with Crippen LogP contribution in [0.25, 0.3) is 0 Å². The van der Waals surface area contributed by atoms with Crippen molar-refractivity contribution >= 4 is 6.29 Å². The maximum absolute atomic E-state index is 10.3. The highest BCUT2D eigenvalue weighted by molar-refractivity contribution is 5.51. The van der Waals surface area contributed by atoms with Crippen LogP contribution in [0, 0.1) is 5.92 Å². The van der Waals surface area contributed by atoms with E-state index in [0.29, 0.717) is 6.54 Å². The zero-order valence-electron chi connectivity index (χ0n) is 7.96. The fraction of sp³-hybridized carbons (Fsp3) is 0.900. The van der Waals surface area contributed by atoms with Crippen molar-refractivity contribution in [3.8, 4) is 0 Å². The van der Waals surface area contributed by atoms with Gasteiger partial charge >= 0.3 is 0 Å². The first-order valence-electron chi connectivity index (χ1n) is 5.02. The molecule has 1 heterocycles. The molecule has 0 aromatic heterocycles. The fourth-order valence-electron chi connectivity index (χ4n) is 1.92. The normalized spacial score (nSPS) is 26.6. The zero-order chi connectivity index (χ0) is 8.81. The topological polar surface area (TPSA) is 20.3 Å². The molecule has 1 aliphatic rings. The third-order valence-corrected chi connectivity index (χ3v) is 2.85. The minimum absolute atomic E-state index is 0.635. The van der Waals surface area contributed by atoms with E-state index < -0.39 is 0 Å². The SMILES string of the molecule is CCC1CCCN(CC=O)CC1. The van der Waals surface area contributed by atoms with Crippen LogP contribution in [0.15, 0.2) is 0 Å². The van der Waals surface area contributed by atoms with Crippen LogP contribution in [0.3, 0.4) is 0 Å². The van der Waals surface area contributed by atoms with Crippen molar-refractivity contribution in [2.24, 2.45) is 5.92 Å². The van der Waals surface area contributed by atoms with Crippen molar-refractivity contribution in [1.82, 2.24) is 4.90 Å². The van der Waals surface area contributed by atoms with E-state index in [-0.39, 0.29) is 0 Å². The number of carbonyl (C=O) groups is 1.